The Labute approximate surface area is 179 Å². The number of carbonyl (C=O) groups is 2. The number of hydrogen-bond donors (Lipinski definition) is 0. The minimum Gasteiger partial charge on any atom is -0.497 e. The maximum Gasteiger partial charge on any atom is 0.253 e. The predicted octanol–water partition coefficient (Wildman–Crippen LogP) is 3.35. The molecule has 3 aromatic rings. The number of ether oxygens (including phenoxy) is 1. The lowest BCUT2D eigenvalue weighted by Crippen LogP contribution is -2.51. The third-order valence-electron chi connectivity index (χ3n) is 5.16. The molecule has 30 heavy (non-hydrogen) atoms. The number of hydrogen-bond acceptors (Lipinski definition) is 5. The quantitative estimate of drug-likeness (QED) is 0.634. The molecule has 0 aliphatic carbocycles. The number of aromatic nitrogens is 1. The summed E-state index contributed by atoms with van der Waals surface area (Å²) in [5.74, 6) is 0.757. The molecular weight excluding hydrogens is 398 g/mol. The Morgan fingerprint density at radius 1 is 0.967 bits per heavy atom. The molecule has 0 N–H and O–H groups in total. The summed E-state index contributed by atoms with van der Waals surface area (Å²) in [6.07, 6.45) is 0.287. The molecule has 7 heteroatoms. The van der Waals surface area contributed by atoms with E-state index in [0.717, 1.165) is 22.0 Å². The Morgan fingerprint density at radius 3 is 2.30 bits per heavy atom. The number of thiazole rings is 1. The van der Waals surface area contributed by atoms with Crippen LogP contribution in [0.2, 0.25) is 0 Å². The van der Waals surface area contributed by atoms with E-state index < -0.39 is 0 Å². The molecule has 6 nitrogen and oxygen atoms in total. The maximum absolute atomic E-state index is 12.7. The van der Waals surface area contributed by atoms with Crippen molar-refractivity contribution in [1.29, 1.82) is 0 Å². The molecule has 1 aromatic heterocycles. The first-order valence-electron chi connectivity index (χ1n) is 9.85. The summed E-state index contributed by atoms with van der Waals surface area (Å²) in [6, 6.07) is 17.1. The first-order valence-corrected chi connectivity index (χ1v) is 10.7. The number of amides is 2. The maximum atomic E-state index is 12.7. The van der Waals surface area contributed by atoms with Crippen LogP contribution in [-0.4, -0.2) is 59.9 Å². The van der Waals surface area contributed by atoms with Crippen LogP contribution in [0.1, 0.15) is 16.1 Å². The van der Waals surface area contributed by atoms with E-state index in [-0.39, 0.29) is 18.2 Å². The van der Waals surface area contributed by atoms with Gasteiger partial charge in [0, 0.05) is 42.7 Å². The molecule has 0 unspecified atom stereocenters. The fraction of sp³-hybridized carbons (Fsp3) is 0.261. The van der Waals surface area contributed by atoms with Crippen molar-refractivity contribution in [3.05, 3.63) is 71.2 Å². The Bertz CT molecular complexity index is 1010. The van der Waals surface area contributed by atoms with E-state index in [2.05, 4.69) is 4.98 Å². The molecule has 0 atom stereocenters. The first kappa shape index (κ1) is 20.1. The summed E-state index contributed by atoms with van der Waals surface area (Å²) >= 11 is 1.55. The van der Waals surface area contributed by atoms with Crippen LogP contribution in [0.3, 0.4) is 0 Å². The van der Waals surface area contributed by atoms with E-state index >= 15 is 0 Å². The highest BCUT2D eigenvalue weighted by Gasteiger charge is 2.25. The number of nitrogens with zero attached hydrogens (tertiary/aromatic N) is 3. The van der Waals surface area contributed by atoms with E-state index in [9.17, 15) is 9.59 Å². The number of carbonyl (C=O) groups excluding carboxylic acids is 2. The van der Waals surface area contributed by atoms with Gasteiger partial charge in [0.25, 0.3) is 5.91 Å². The van der Waals surface area contributed by atoms with Crippen molar-refractivity contribution >= 4 is 23.2 Å². The second-order valence-corrected chi connectivity index (χ2v) is 7.95. The fourth-order valence-electron chi connectivity index (χ4n) is 3.44. The Balaban J connectivity index is 1.31. The van der Waals surface area contributed by atoms with Crippen LogP contribution in [0.15, 0.2) is 60.0 Å². The molecular formula is C23H23N3O3S. The van der Waals surface area contributed by atoms with Crippen molar-refractivity contribution in [2.75, 3.05) is 33.3 Å². The van der Waals surface area contributed by atoms with E-state index in [1.165, 1.54) is 0 Å². The predicted molar refractivity (Wildman–Crippen MR) is 117 cm³/mol. The van der Waals surface area contributed by atoms with Gasteiger partial charge in [-0.1, -0.05) is 30.3 Å². The normalized spacial score (nSPS) is 13.9. The number of methoxy groups -OCH3 is 1. The number of rotatable bonds is 5. The van der Waals surface area contributed by atoms with Crippen molar-refractivity contribution in [2.24, 2.45) is 0 Å². The number of benzene rings is 2. The smallest absolute Gasteiger partial charge is 0.253 e. The molecule has 1 aliphatic rings. The molecule has 2 amide bonds. The van der Waals surface area contributed by atoms with Gasteiger partial charge in [-0.2, -0.15) is 0 Å². The van der Waals surface area contributed by atoms with Crippen molar-refractivity contribution in [3.63, 3.8) is 0 Å². The van der Waals surface area contributed by atoms with Gasteiger partial charge in [-0.05, 0) is 24.3 Å². The second-order valence-electron chi connectivity index (χ2n) is 7.09. The van der Waals surface area contributed by atoms with Crippen LogP contribution in [0.4, 0.5) is 0 Å². The SMILES string of the molecule is COc1ccc(C(=O)N2CCN(C(=O)Cc3csc(-c4ccccc4)n3)CC2)cc1. The van der Waals surface area contributed by atoms with Crippen LogP contribution in [-0.2, 0) is 11.2 Å². The van der Waals surface area contributed by atoms with E-state index in [0.29, 0.717) is 31.7 Å². The molecule has 1 aliphatic heterocycles. The highest BCUT2D eigenvalue weighted by molar-refractivity contribution is 7.13. The van der Waals surface area contributed by atoms with Gasteiger partial charge in [-0.3, -0.25) is 9.59 Å². The largest absolute Gasteiger partial charge is 0.497 e. The standard InChI is InChI=1S/C23H23N3O3S/c1-29-20-9-7-18(8-10-20)23(28)26-13-11-25(12-14-26)21(27)15-19-16-30-22(24-19)17-5-3-2-4-6-17/h2-10,16H,11-15H2,1H3. The molecule has 4 rings (SSSR count). The number of piperazine rings is 1. The lowest BCUT2D eigenvalue weighted by Gasteiger charge is -2.34. The summed E-state index contributed by atoms with van der Waals surface area (Å²) < 4.78 is 5.14. The monoisotopic (exact) mass is 421 g/mol. The average Bonchev–Trinajstić information content (AvgIpc) is 3.28. The lowest BCUT2D eigenvalue weighted by molar-refractivity contribution is -0.132. The average molecular weight is 422 g/mol. The fourth-order valence-corrected chi connectivity index (χ4v) is 4.27. The van der Waals surface area contributed by atoms with Gasteiger partial charge >= 0.3 is 0 Å². The molecule has 2 aromatic carbocycles. The molecule has 0 bridgehead atoms. The zero-order chi connectivity index (χ0) is 20.9. The molecule has 0 radical (unpaired) electrons. The van der Waals surface area contributed by atoms with Crippen LogP contribution in [0.5, 0.6) is 5.75 Å². The van der Waals surface area contributed by atoms with E-state index in [4.69, 9.17) is 4.74 Å². The Hall–Kier alpha value is -3.19. The summed E-state index contributed by atoms with van der Waals surface area (Å²) in [7, 11) is 1.60. The van der Waals surface area contributed by atoms with Crippen LogP contribution >= 0.6 is 11.3 Å². The summed E-state index contributed by atoms with van der Waals surface area (Å²) in [5.41, 5.74) is 2.49. The van der Waals surface area contributed by atoms with Gasteiger partial charge in [-0.15, -0.1) is 11.3 Å². The summed E-state index contributed by atoms with van der Waals surface area (Å²) in [4.78, 5) is 33.6. The minimum atomic E-state index is -0.0169. The topological polar surface area (TPSA) is 62.7 Å². The Kier molecular flexibility index (Phi) is 6.09. The van der Waals surface area contributed by atoms with Crippen LogP contribution < -0.4 is 4.74 Å². The molecule has 154 valence electrons. The van der Waals surface area contributed by atoms with Crippen LogP contribution in [0, 0.1) is 0 Å². The third-order valence-corrected chi connectivity index (χ3v) is 6.10. The van der Waals surface area contributed by atoms with Crippen molar-refractivity contribution in [3.8, 4) is 16.3 Å². The molecule has 1 fully saturated rings. The highest BCUT2D eigenvalue weighted by atomic mass is 32.1. The third kappa shape index (κ3) is 4.52. The van der Waals surface area contributed by atoms with Crippen molar-refractivity contribution in [2.45, 2.75) is 6.42 Å². The summed E-state index contributed by atoms with van der Waals surface area (Å²) in [6.45, 7) is 2.14. The van der Waals surface area contributed by atoms with E-state index in [1.807, 2.05) is 40.6 Å². The van der Waals surface area contributed by atoms with Gasteiger partial charge in [0.15, 0.2) is 0 Å². The lowest BCUT2D eigenvalue weighted by atomic mass is 10.1. The highest BCUT2D eigenvalue weighted by Crippen LogP contribution is 2.24. The van der Waals surface area contributed by atoms with Gasteiger partial charge in [0.05, 0.1) is 19.2 Å². The zero-order valence-electron chi connectivity index (χ0n) is 16.8. The molecule has 1 saturated heterocycles. The summed E-state index contributed by atoms with van der Waals surface area (Å²) in [5, 5.41) is 2.87. The van der Waals surface area contributed by atoms with Gasteiger partial charge in [0.2, 0.25) is 5.91 Å². The first-order chi connectivity index (χ1) is 14.6. The van der Waals surface area contributed by atoms with Crippen molar-refractivity contribution < 1.29 is 14.3 Å². The Morgan fingerprint density at radius 2 is 1.63 bits per heavy atom. The van der Waals surface area contributed by atoms with Crippen LogP contribution in [0.25, 0.3) is 10.6 Å². The second kappa shape index (κ2) is 9.09. The molecule has 0 saturated carbocycles. The van der Waals surface area contributed by atoms with Crippen molar-refractivity contribution in [1.82, 2.24) is 14.8 Å². The van der Waals surface area contributed by atoms with E-state index in [1.54, 1.807) is 47.6 Å². The molecule has 2 heterocycles. The zero-order valence-corrected chi connectivity index (χ0v) is 17.6. The van der Waals surface area contributed by atoms with Gasteiger partial charge in [0.1, 0.15) is 10.8 Å². The van der Waals surface area contributed by atoms with Gasteiger partial charge < -0.3 is 14.5 Å². The minimum absolute atomic E-state index is 0.0169. The molecule has 0 spiro atoms. The van der Waals surface area contributed by atoms with Gasteiger partial charge in [-0.25, -0.2) is 4.98 Å².